The van der Waals surface area contributed by atoms with Gasteiger partial charge in [0.05, 0.1) is 61.3 Å². The molecule has 0 radical (unpaired) electrons. The van der Waals surface area contributed by atoms with Gasteiger partial charge in [0.2, 0.25) is 23.6 Å². The maximum absolute atomic E-state index is 13.9. The first-order valence-electron chi connectivity index (χ1n) is 20.6. The molecule has 1 aliphatic rings. The second kappa shape index (κ2) is 24.2. The summed E-state index contributed by atoms with van der Waals surface area (Å²) in [7, 11) is 0. The molecule has 7 N–H and O–H groups in total. The van der Waals surface area contributed by atoms with Crippen molar-refractivity contribution in [2.75, 3.05) is 46.2 Å². The van der Waals surface area contributed by atoms with E-state index < -0.39 is 35.4 Å². The van der Waals surface area contributed by atoms with E-state index in [-0.39, 0.29) is 69.7 Å². The molecule has 330 valence electrons. The number of nitrogens with zero attached hydrogens (tertiary/aromatic N) is 2. The zero-order valence-corrected chi connectivity index (χ0v) is 36.5. The average Bonchev–Trinajstić information content (AvgIpc) is 3.84. The molecule has 2 heterocycles. The summed E-state index contributed by atoms with van der Waals surface area (Å²) in [6, 6.07) is 14.0. The molecule has 5 atom stereocenters. The van der Waals surface area contributed by atoms with Gasteiger partial charge in [-0.05, 0) is 60.8 Å². The molecular weight excluding hydrogens is 789 g/mol. The van der Waals surface area contributed by atoms with Crippen molar-refractivity contribution in [3.63, 3.8) is 0 Å². The molecule has 0 spiro atoms. The molecule has 3 aromatic rings. The summed E-state index contributed by atoms with van der Waals surface area (Å²) in [5.41, 5.74) is 17.6. The van der Waals surface area contributed by atoms with Gasteiger partial charge in [0, 0.05) is 38.6 Å². The highest BCUT2D eigenvalue weighted by molar-refractivity contribution is 7.13. The summed E-state index contributed by atoms with van der Waals surface area (Å²) in [6.07, 6.45) is 1.52. The van der Waals surface area contributed by atoms with Gasteiger partial charge in [-0.3, -0.25) is 19.2 Å². The van der Waals surface area contributed by atoms with E-state index in [0.29, 0.717) is 32.8 Å². The predicted octanol–water partition coefficient (Wildman–Crippen LogP) is 3.41. The van der Waals surface area contributed by atoms with E-state index >= 15 is 0 Å². The van der Waals surface area contributed by atoms with Crippen LogP contribution < -0.4 is 22.1 Å². The molecule has 16 heteroatoms. The van der Waals surface area contributed by atoms with Crippen LogP contribution in [0.2, 0.25) is 0 Å². The number of carbonyl (C=O) groups excluding carboxylic acids is 4. The molecule has 15 nitrogen and oxygen atoms in total. The lowest BCUT2D eigenvalue weighted by Gasteiger charge is -2.35. The Morgan fingerprint density at radius 2 is 1.58 bits per heavy atom. The van der Waals surface area contributed by atoms with Gasteiger partial charge in [-0.1, -0.05) is 69.3 Å². The largest absolute Gasteiger partial charge is 0.391 e. The summed E-state index contributed by atoms with van der Waals surface area (Å²) in [4.78, 5) is 57.9. The Bertz CT molecular complexity index is 1800. The standard InChI is InChI=1S/C44H64N6O9S/c1-29-40(60-28-48-29)34-14-12-32(13-15-34)24-47-42(54)37-23-35(51)25-50(37)43(55)41(44(3,4)5)49-39(53)27-58-22-21-57-20-19-56-18-6-7-31-8-10-33(11-9-31)26-59-30(2)36(45)16-17-38(46)52/h8-15,28,30,35-37,41,51H,6-7,16-27,45H2,1-5H3,(H2,46,52)(H,47,54)(H,49,53)/t30-,35-,36?,37+,41-/m1/s1. The second-order valence-corrected chi connectivity index (χ2v) is 17.2. The number of hydrogen-bond acceptors (Lipinski definition) is 12. The molecule has 1 aliphatic heterocycles. The van der Waals surface area contributed by atoms with Gasteiger partial charge in [-0.2, -0.15) is 0 Å². The van der Waals surface area contributed by atoms with Crippen molar-refractivity contribution in [3.05, 3.63) is 76.4 Å². The summed E-state index contributed by atoms with van der Waals surface area (Å²) in [6.45, 7) is 11.6. The fraction of sp³-hybridized carbons (Fsp3) is 0.568. The van der Waals surface area contributed by atoms with Crippen LogP contribution in [0.25, 0.3) is 10.4 Å². The fourth-order valence-electron chi connectivity index (χ4n) is 6.66. The first-order valence-corrected chi connectivity index (χ1v) is 21.5. The quantitative estimate of drug-likeness (QED) is 0.0779. The molecule has 4 rings (SSSR count). The van der Waals surface area contributed by atoms with Crippen molar-refractivity contribution < 1.29 is 43.2 Å². The lowest BCUT2D eigenvalue weighted by atomic mass is 9.85. The van der Waals surface area contributed by atoms with Crippen LogP contribution in [-0.4, -0.2) is 115 Å². The predicted molar refractivity (Wildman–Crippen MR) is 230 cm³/mol. The van der Waals surface area contributed by atoms with Crippen LogP contribution in [0.15, 0.2) is 54.0 Å². The van der Waals surface area contributed by atoms with Gasteiger partial charge >= 0.3 is 0 Å². The Morgan fingerprint density at radius 1 is 0.950 bits per heavy atom. The van der Waals surface area contributed by atoms with E-state index in [1.807, 2.05) is 76.5 Å². The summed E-state index contributed by atoms with van der Waals surface area (Å²) in [5.74, 6) is -1.64. The summed E-state index contributed by atoms with van der Waals surface area (Å²) in [5, 5.41) is 16.2. The molecule has 0 saturated carbocycles. The van der Waals surface area contributed by atoms with Gasteiger partial charge in [-0.15, -0.1) is 11.3 Å². The molecule has 1 unspecified atom stereocenters. The number of carbonyl (C=O) groups is 4. The third kappa shape index (κ3) is 16.0. The number of primary amides is 1. The highest BCUT2D eigenvalue weighted by Gasteiger charge is 2.44. The number of aryl methyl sites for hydroxylation is 2. The van der Waals surface area contributed by atoms with Crippen molar-refractivity contribution in [2.45, 2.75) is 110 Å². The highest BCUT2D eigenvalue weighted by atomic mass is 32.1. The van der Waals surface area contributed by atoms with Crippen LogP contribution in [0.4, 0.5) is 0 Å². The number of aliphatic hydroxyl groups excluding tert-OH is 1. The van der Waals surface area contributed by atoms with Gasteiger partial charge in [0.1, 0.15) is 18.7 Å². The van der Waals surface area contributed by atoms with Crippen LogP contribution in [0, 0.1) is 12.3 Å². The normalized spacial score (nSPS) is 16.9. The first-order chi connectivity index (χ1) is 28.6. The maximum Gasteiger partial charge on any atom is 0.246 e. The summed E-state index contributed by atoms with van der Waals surface area (Å²) >= 11 is 1.57. The number of aromatic nitrogens is 1. The van der Waals surface area contributed by atoms with Crippen LogP contribution in [0.1, 0.15) is 75.8 Å². The number of ether oxygens (including phenoxy) is 4. The number of rotatable bonds is 25. The SMILES string of the molecule is Cc1ncsc1-c1ccc(CNC(=O)[C@@H]2C[C@@H](O)CN2C(=O)[C@@H](NC(=O)COCCOCCOCCCc2ccc(CO[C@H](C)C(N)CCC(N)=O)cc2)C(C)(C)C)cc1. The molecule has 0 bridgehead atoms. The Morgan fingerprint density at radius 3 is 2.22 bits per heavy atom. The molecule has 60 heavy (non-hydrogen) atoms. The average molecular weight is 853 g/mol. The van der Waals surface area contributed by atoms with E-state index in [0.717, 1.165) is 40.1 Å². The number of β-amino-alcohol motifs (C(OH)–C–C–N with tert-alkyl or cyclic N) is 1. The number of hydrogen-bond donors (Lipinski definition) is 5. The number of benzene rings is 2. The molecule has 1 saturated heterocycles. The number of likely N-dealkylation sites (tertiary alicyclic amines) is 1. The Labute approximate surface area is 357 Å². The van der Waals surface area contributed by atoms with Crippen LogP contribution in [0.3, 0.4) is 0 Å². The van der Waals surface area contributed by atoms with Gasteiger partial charge < -0.3 is 51.1 Å². The van der Waals surface area contributed by atoms with Crippen molar-refractivity contribution in [2.24, 2.45) is 16.9 Å². The zero-order valence-electron chi connectivity index (χ0n) is 35.7. The molecule has 0 aliphatic carbocycles. The van der Waals surface area contributed by atoms with Gasteiger partial charge in [0.15, 0.2) is 0 Å². The second-order valence-electron chi connectivity index (χ2n) is 16.3. The molecule has 2 aromatic carbocycles. The zero-order chi connectivity index (χ0) is 43.7. The van der Waals surface area contributed by atoms with Crippen LogP contribution in [-0.2, 0) is 57.7 Å². The van der Waals surface area contributed by atoms with Crippen LogP contribution >= 0.6 is 11.3 Å². The molecule has 4 amide bonds. The highest BCUT2D eigenvalue weighted by Crippen LogP contribution is 2.28. The first kappa shape index (κ1) is 48.4. The molecule has 1 aromatic heterocycles. The van der Waals surface area contributed by atoms with Crippen LogP contribution in [0.5, 0.6) is 0 Å². The minimum absolute atomic E-state index is 0.00990. The van der Waals surface area contributed by atoms with Gasteiger partial charge in [-0.25, -0.2) is 4.98 Å². The smallest absolute Gasteiger partial charge is 0.246 e. The number of thiazole rings is 1. The number of amides is 4. The van der Waals surface area contributed by atoms with E-state index in [2.05, 4.69) is 27.8 Å². The lowest BCUT2D eigenvalue weighted by molar-refractivity contribution is -0.144. The van der Waals surface area contributed by atoms with Gasteiger partial charge in [0.25, 0.3) is 0 Å². The van der Waals surface area contributed by atoms with Crippen molar-refractivity contribution in [1.29, 1.82) is 0 Å². The Hall–Kier alpha value is -4.29. The van der Waals surface area contributed by atoms with Crippen molar-refractivity contribution in [3.8, 4) is 10.4 Å². The minimum Gasteiger partial charge on any atom is -0.391 e. The topological polar surface area (TPSA) is 218 Å². The molecular formula is C44H64N6O9S. The third-order valence-electron chi connectivity index (χ3n) is 10.3. The summed E-state index contributed by atoms with van der Waals surface area (Å²) < 4.78 is 22.7. The third-order valence-corrected chi connectivity index (χ3v) is 11.3. The number of nitrogens with one attached hydrogen (secondary N) is 2. The fourth-order valence-corrected chi connectivity index (χ4v) is 7.47. The van der Waals surface area contributed by atoms with Crippen molar-refractivity contribution >= 4 is 35.0 Å². The monoisotopic (exact) mass is 852 g/mol. The number of aliphatic hydroxyl groups is 1. The Kier molecular flexibility index (Phi) is 19.5. The Balaban J connectivity index is 1.08. The number of nitrogens with two attached hydrogens (primary N) is 2. The lowest BCUT2D eigenvalue weighted by Crippen LogP contribution is -2.58. The molecule has 1 fully saturated rings. The van der Waals surface area contributed by atoms with E-state index in [4.69, 9.17) is 30.4 Å². The van der Waals surface area contributed by atoms with E-state index in [1.165, 1.54) is 10.5 Å². The minimum atomic E-state index is -0.953. The van der Waals surface area contributed by atoms with E-state index in [1.54, 1.807) is 11.3 Å². The van der Waals surface area contributed by atoms with Crippen molar-refractivity contribution in [1.82, 2.24) is 20.5 Å². The maximum atomic E-state index is 13.9. The van der Waals surface area contributed by atoms with E-state index in [9.17, 15) is 24.3 Å².